The number of halogens is 1. The molecule has 7 nitrogen and oxygen atoms in total. The van der Waals surface area contributed by atoms with Crippen LogP contribution in [-0.4, -0.2) is 18.5 Å². The molecule has 0 radical (unpaired) electrons. The molecule has 3 rings (SSSR count). The van der Waals surface area contributed by atoms with E-state index >= 15 is 0 Å². The molecule has 21 heavy (non-hydrogen) atoms. The zero-order chi connectivity index (χ0) is 15.6. The molecule has 0 atom stereocenters. The molecule has 0 aliphatic carbocycles. The summed E-state index contributed by atoms with van der Waals surface area (Å²) in [4.78, 5) is 2.12. The van der Waals surface area contributed by atoms with Gasteiger partial charge in [-0.25, -0.2) is 27.4 Å². The van der Waals surface area contributed by atoms with Gasteiger partial charge < -0.3 is 0 Å². The predicted molar refractivity (Wildman–Crippen MR) is 64.9 cm³/mol. The molecule has 3 aromatic rings. The Balaban J connectivity index is 0.000000282. The molecule has 0 spiro atoms. The van der Waals surface area contributed by atoms with Gasteiger partial charge in [-0.2, -0.15) is 0 Å². The van der Waals surface area contributed by atoms with Crippen LogP contribution in [0.25, 0.3) is 11.0 Å². The van der Waals surface area contributed by atoms with Crippen molar-refractivity contribution in [1.29, 1.82) is 0 Å². The van der Waals surface area contributed by atoms with Crippen LogP contribution in [0.3, 0.4) is 0 Å². The summed E-state index contributed by atoms with van der Waals surface area (Å²) in [7, 11) is -0.817. The van der Waals surface area contributed by atoms with E-state index in [1.165, 1.54) is 11.0 Å². The average molecular weight is 312 g/mol. The molecule has 0 bridgehead atoms. The van der Waals surface area contributed by atoms with Gasteiger partial charge in [0.1, 0.15) is 11.0 Å². The first-order valence-corrected chi connectivity index (χ1v) is 7.21. The summed E-state index contributed by atoms with van der Waals surface area (Å²) in [5.74, 6) is 1.16. The topological polar surface area (TPSA) is 104 Å². The van der Waals surface area contributed by atoms with Crippen LogP contribution in [0, 0.1) is 10.2 Å². The van der Waals surface area contributed by atoms with E-state index in [4.69, 9.17) is 18.6 Å². The lowest BCUT2D eigenvalue weighted by Crippen LogP contribution is -2.68. The maximum Gasteiger partial charge on any atom is 0.369 e. The van der Waals surface area contributed by atoms with Crippen LogP contribution in [0.15, 0.2) is 48.8 Å². The predicted octanol–water partition coefficient (Wildman–Crippen LogP) is -3.01. The maximum absolute atomic E-state index is 8.49. The van der Waals surface area contributed by atoms with E-state index in [1.54, 1.807) is 0 Å². The van der Waals surface area contributed by atoms with Crippen molar-refractivity contribution in [3.8, 4) is 0 Å². The van der Waals surface area contributed by atoms with Crippen molar-refractivity contribution >= 4 is 17.0 Å². The molecule has 3 heterocycles. The third-order valence-electron chi connectivity index (χ3n) is 2.81. The van der Waals surface area contributed by atoms with Gasteiger partial charge in [0.2, 0.25) is 0 Å². The van der Waals surface area contributed by atoms with Gasteiger partial charge in [0, 0.05) is 0 Å². The third-order valence-corrected chi connectivity index (χ3v) is 2.81. The van der Waals surface area contributed by atoms with Gasteiger partial charge in [-0.05, 0) is 24.3 Å². The molecule has 0 aliphatic heterocycles. The lowest BCUT2D eigenvalue weighted by molar-refractivity contribution is -2.00. The Labute approximate surface area is 123 Å². The highest BCUT2D eigenvalue weighted by Crippen LogP contribution is 2.16. The standard InChI is InChI=1S/C13H14N3.ClHO4/c1-14(2)13-15-9-5-3-7-11(15)12-8-4-6-10-16(12)13;2-1(3,4)5/h3-10H,1-2H3;(H,2,3,4,5)/q+1;/p-1. The Bertz CT molecular complexity index is 693. The van der Waals surface area contributed by atoms with Crippen molar-refractivity contribution in [3.63, 3.8) is 0 Å². The molecule has 0 aromatic carbocycles. The smallest absolute Gasteiger partial charge is 0.269 e. The molecule has 0 N–H and O–H groups in total. The molecule has 0 fully saturated rings. The molecule has 8 heteroatoms. The number of aromatic nitrogens is 2. The van der Waals surface area contributed by atoms with E-state index in [0.717, 1.165) is 5.95 Å². The summed E-state index contributed by atoms with van der Waals surface area (Å²) in [5, 5.41) is 0. The molecule has 0 saturated heterocycles. The van der Waals surface area contributed by atoms with Crippen LogP contribution in [0.5, 0.6) is 0 Å². The Morgan fingerprint density at radius 2 is 1.62 bits per heavy atom. The number of nitrogens with zero attached hydrogens (tertiary/aromatic N) is 3. The van der Waals surface area contributed by atoms with Crippen molar-refractivity contribution in [2.45, 2.75) is 0 Å². The Morgan fingerprint density at radius 3 is 2.24 bits per heavy atom. The molecule has 0 amide bonds. The summed E-state index contributed by atoms with van der Waals surface area (Å²) < 4.78 is 38.4. The lowest BCUT2D eigenvalue weighted by Gasteiger charge is -2.17. The number of hydrogen-bond donors (Lipinski definition) is 0. The maximum atomic E-state index is 8.49. The molecule has 0 aliphatic rings. The molecule has 0 unspecified atom stereocenters. The zero-order valence-corrected chi connectivity index (χ0v) is 12.2. The minimum Gasteiger partial charge on any atom is -0.269 e. The van der Waals surface area contributed by atoms with E-state index in [-0.39, 0.29) is 0 Å². The highest BCUT2D eigenvalue weighted by atomic mass is 35.7. The number of anilines is 1. The fraction of sp³-hybridized carbons (Fsp3) is 0.154. The molecule has 3 aromatic heterocycles. The van der Waals surface area contributed by atoms with E-state index in [1.807, 2.05) is 0 Å². The van der Waals surface area contributed by atoms with Gasteiger partial charge in [-0.3, -0.25) is 4.90 Å². The van der Waals surface area contributed by atoms with Crippen molar-refractivity contribution in [2.24, 2.45) is 0 Å². The lowest BCUT2D eigenvalue weighted by atomic mass is 10.3. The van der Waals surface area contributed by atoms with Gasteiger partial charge in [0.15, 0.2) is 0 Å². The number of rotatable bonds is 1. The second kappa shape index (κ2) is 5.84. The quantitative estimate of drug-likeness (QED) is 0.445. The summed E-state index contributed by atoms with van der Waals surface area (Å²) >= 11 is 0. The van der Waals surface area contributed by atoms with Crippen LogP contribution in [0.2, 0.25) is 0 Å². The van der Waals surface area contributed by atoms with Crippen molar-refractivity contribution in [1.82, 2.24) is 4.40 Å². The monoisotopic (exact) mass is 311 g/mol. The summed E-state index contributed by atoms with van der Waals surface area (Å²) in [6.07, 6.45) is 4.19. The minimum atomic E-state index is -4.94. The fourth-order valence-corrected chi connectivity index (χ4v) is 2.20. The van der Waals surface area contributed by atoms with Crippen LogP contribution in [-0.2, 0) is 0 Å². The molecule has 0 saturated carbocycles. The van der Waals surface area contributed by atoms with Crippen molar-refractivity contribution in [2.75, 3.05) is 19.0 Å². The average Bonchev–Trinajstić information content (AvgIpc) is 2.71. The van der Waals surface area contributed by atoms with E-state index < -0.39 is 10.2 Å². The zero-order valence-electron chi connectivity index (χ0n) is 11.5. The van der Waals surface area contributed by atoms with E-state index in [9.17, 15) is 0 Å². The molecule has 112 valence electrons. The number of pyridine rings is 2. The fourth-order valence-electron chi connectivity index (χ4n) is 2.20. The number of hydrogen-bond acceptors (Lipinski definition) is 5. The first-order valence-electron chi connectivity index (χ1n) is 5.97. The molecular formula is C13H14ClN3O4. The Hall–Kier alpha value is -1.90. The first kappa shape index (κ1) is 15.5. The van der Waals surface area contributed by atoms with E-state index in [0.29, 0.717) is 0 Å². The Kier molecular flexibility index (Phi) is 4.31. The second-order valence-corrected chi connectivity index (χ2v) is 5.24. The van der Waals surface area contributed by atoms with Gasteiger partial charge in [-0.15, -0.1) is 10.2 Å². The Morgan fingerprint density at radius 1 is 1.00 bits per heavy atom. The summed E-state index contributed by atoms with van der Waals surface area (Å²) in [5.41, 5.74) is 2.46. The van der Waals surface area contributed by atoms with Gasteiger partial charge in [0.25, 0.3) is 0 Å². The van der Waals surface area contributed by atoms with Gasteiger partial charge in [-0.1, -0.05) is 12.1 Å². The van der Waals surface area contributed by atoms with Crippen molar-refractivity contribution < 1.29 is 33.3 Å². The first-order chi connectivity index (χ1) is 9.79. The largest absolute Gasteiger partial charge is 0.369 e. The van der Waals surface area contributed by atoms with Crippen LogP contribution < -0.4 is 27.9 Å². The molecular weight excluding hydrogens is 298 g/mol. The van der Waals surface area contributed by atoms with Crippen molar-refractivity contribution in [3.05, 3.63) is 48.8 Å². The minimum absolute atomic E-state index is 1.16. The highest BCUT2D eigenvalue weighted by Gasteiger charge is 2.19. The number of fused-ring (bicyclic) bond motifs is 3. The normalized spacial score (nSPS) is 11.3. The van der Waals surface area contributed by atoms with E-state index in [2.05, 4.69) is 76.6 Å². The number of imidazole rings is 1. The summed E-state index contributed by atoms with van der Waals surface area (Å²) in [6, 6.07) is 12.5. The van der Waals surface area contributed by atoms with Crippen LogP contribution in [0.1, 0.15) is 0 Å². The summed E-state index contributed by atoms with van der Waals surface area (Å²) in [6.45, 7) is 0. The third kappa shape index (κ3) is 3.60. The van der Waals surface area contributed by atoms with Crippen LogP contribution in [0.4, 0.5) is 5.95 Å². The highest BCUT2D eigenvalue weighted by molar-refractivity contribution is 5.73. The van der Waals surface area contributed by atoms with Gasteiger partial charge in [0.05, 0.1) is 26.5 Å². The van der Waals surface area contributed by atoms with Crippen LogP contribution >= 0.6 is 0 Å². The SMILES string of the molecule is CN(C)c1n2ccccc2c2cccc[n+]12.[O-][Cl+3]([O-])([O-])[O-]. The van der Waals surface area contributed by atoms with Gasteiger partial charge >= 0.3 is 5.95 Å². The second-order valence-electron chi connectivity index (χ2n) is 4.48.